The van der Waals surface area contributed by atoms with Crippen LogP contribution in [0.5, 0.6) is 0 Å². The molecule has 110 valence electrons. The maximum absolute atomic E-state index is 12.2. The fourth-order valence-electron chi connectivity index (χ4n) is 1.47. The van der Waals surface area contributed by atoms with Gasteiger partial charge in [0.1, 0.15) is 6.26 Å². The molecule has 0 radical (unpaired) electrons. The minimum atomic E-state index is -0.292. The zero-order valence-corrected chi connectivity index (χ0v) is 12.2. The lowest BCUT2D eigenvalue weighted by atomic mass is 10.1. The van der Waals surface area contributed by atoms with Gasteiger partial charge >= 0.3 is 0 Å². The van der Waals surface area contributed by atoms with E-state index in [0.717, 1.165) is 12.0 Å². The highest BCUT2D eigenvalue weighted by atomic mass is 16.5. The summed E-state index contributed by atoms with van der Waals surface area (Å²) in [5.74, 6) is 0.0701. The first-order chi connectivity index (χ1) is 10.2. The van der Waals surface area contributed by atoms with Gasteiger partial charge in [-0.25, -0.2) is 0 Å². The van der Waals surface area contributed by atoms with Crippen molar-refractivity contribution in [1.29, 1.82) is 0 Å². The molecule has 1 heterocycles. The molecule has 0 atom stereocenters. The number of carbonyl (C=O) groups is 1. The van der Waals surface area contributed by atoms with Gasteiger partial charge in [-0.2, -0.15) is 0 Å². The summed E-state index contributed by atoms with van der Waals surface area (Å²) in [6.45, 7) is 7.52. The first-order valence-electron chi connectivity index (χ1n) is 6.58. The third-order valence-corrected chi connectivity index (χ3v) is 2.44. The van der Waals surface area contributed by atoms with E-state index in [1.807, 2.05) is 13.0 Å². The van der Waals surface area contributed by atoms with Crippen molar-refractivity contribution in [3.63, 3.8) is 0 Å². The number of amides is 1. The standard InChI is InChI=1S/C16H19N3O2/c1-4-6-13(3)7-8-14(9-11-17-5-2)16(20)18-15-10-12-21-19-15/h5-12H,2,4H2,1,3H3,(H,18,19,20)/b8-7-,13-6+,14-9?,17-11?. The maximum Gasteiger partial charge on any atom is 0.256 e. The fraction of sp³-hybridized carbons (Fsp3) is 0.188. The molecule has 1 aromatic rings. The van der Waals surface area contributed by atoms with Crippen LogP contribution in [0.25, 0.3) is 0 Å². The van der Waals surface area contributed by atoms with Gasteiger partial charge in [0.15, 0.2) is 5.82 Å². The van der Waals surface area contributed by atoms with Gasteiger partial charge in [-0.05, 0) is 25.5 Å². The van der Waals surface area contributed by atoms with Gasteiger partial charge in [0.25, 0.3) is 5.91 Å². The van der Waals surface area contributed by atoms with E-state index in [2.05, 4.69) is 39.6 Å². The van der Waals surface area contributed by atoms with Crippen LogP contribution >= 0.6 is 0 Å². The number of anilines is 1. The lowest BCUT2D eigenvalue weighted by Gasteiger charge is -2.01. The van der Waals surface area contributed by atoms with Crippen molar-refractivity contribution < 1.29 is 9.32 Å². The second-order valence-electron chi connectivity index (χ2n) is 4.13. The molecule has 0 spiro atoms. The first-order valence-corrected chi connectivity index (χ1v) is 6.58. The predicted octanol–water partition coefficient (Wildman–Crippen LogP) is 3.67. The zero-order valence-electron chi connectivity index (χ0n) is 12.2. The molecule has 1 amide bonds. The highest BCUT2D eigenvalue weighted by molar-refractivity contribution is 6.07. The molecule has 1 N–H and O–H groups in total. The van der Waals surface area contributed by atoms with Crippen molar-refractivity contribution in [3.05, 3.63) is 60.6 Å². The van der Waals surface area contributed by atoms with Gasteiger partial charge in [0.2, 0.25) is 0 Å². The smallest absolute Gasteiger partial charge is 0.256 e. The summed E-state index contributed by atoms with van der Waals surface area (Å²) in [4.78, 5) is 16.0. The molecular weight excluding hydrogens is 266 g/mol. The average Bonchev–Trinajstić information content (AvgIpc) is 2.95. The number of carbonyl (C=O) groups excluding carboxylic acids is 1. The molecule has 0 aromatic carbocycles. The minimum absolute atomic E-state index is 0.292. The van der Waals surface area contributed by atoms with Crippen molar-refractivity contribution in [2.75, 3.05) is 5.32 Å². The number of aromatic nitrogens is 1. The molecule has 0 fully saturated rings. The number of nitrogens with one attached hydrogen (secondary N) is 1. The zero-order chi connectivity index (χ0) is 15.5. The third-order valence-electron chi connectivity index (χ3n) is 2.44. The Morgan fingerprint density at radius 2 is 2.33 bits per heavy atom. The van der Waals surface area contributed by atoms with E-state index in [9.17, 15) is 4.79 Å². The highest BCUT2D eigenvalue weighted by Gasteiger charge is 2.07. The minimum Gasteiger partial charge on any atom is -0.363 e. The largest absolute Gasteiger partial charge is 0.363 e. The fourth-order valence-corrected chi connectivity index (χ4v) is 1.47. The number of rotatable bonds is 7. The summed E-state index contributed by atoms with van der Waals surface area (Å²) >= 11 is 0. The summed E-state index contributed by atoms with van der Waals surface area (Å²) in [7, 11) is 0. The van der Waals surface area contributed by atoms with E-state index in [-0.39, 0.29) is 5.91 Å². The summed E-state index contributed by atoms with van der Waals surface area (Å²) in [5, 5.41) is 6.27. The number of aliphatic imine (C=N–C) groups is 1. The Kier molecular flexibility index (Phi) is 7.21. The van der Waals surface area contributed by atoms with E-state index < -0.39 is 0 Å². The van der Waals surface area contributed by atoms with Crippen LogP contribution in [-0.2, 0) is 4.79 Å². The molecule has 0 saturated heterocycles. The van der Waals surface area contributed by atoms with E-state index >= 15 is 0 Å². The van der Waals surface area contributed by atoms with Crippen LogP contribution in [0.1, 0.15) is 20.3 Å². The van der Waals surface area contributed by atoms with E-state index in [1.54, 1.807) is 18.2 Å². The van der Waals surface area contributed by atoms with Crippen molar-refractivity contribution in [2.45, 2.75) is 20.3 Å². The molecule has 0 saturated carbocycles. The lowest BCUT2D eigenvalue weighted by Crippen LogP contribution is -2.13. The Labute approximate surface area is 124 Å². The van der Waals surface area contributed by atoms with Gasteiger partial charge in [-0.1, -0.05) is 36.4 Å². The quantitative estimate of drug-likeness (QED) is 0.472. The number of nitrogens with zero attached hydrogens (tertiary/aromatic N) is 2. The normalized spacial score (nSPS) is 13.0. The van der Waals surface area contributed by atoms with Gasteiger partial charge in [-0.3, -0.25) is 9.79 Å². The molecular formula is C16H19N3O2. The lowest BCUT2D eigenvalue weighted by molar-refractivity contribution is -0.112. The number of hydrogen-bond acceptors (Lipinski definition) is 4. The van der Waals surface area contributed by atoms with Crippen molar-refractivity contribution in [2.24, 2.45) is 4.99 Å². The molecule has 1 aromatic heterocycles. The van der Waals surface area contributed by atoms with Crippen LogP contribution in [0.15, 0.2) is 70.1 Å². The van der Waals surface area contributed by atoms with Crippen LogP contribution in [-0.4, -0.2) is 17.3 Å². The van der Waals surface area contributed by atoms with E-state index in [1.165, 1.54) is 18.7 Å². The van der Waals surface area contributed by atoms with E-state index in [0.29, 0.717) is 11.4 Å². The van der Waals surface area contributed by atoms with Crippen LogP contribution in [0.2, 0.25) is 0 Å². The second kappa shape index (κ2) is 9.25. The SMILES string of the molecule is C=CN=CC=C(/C=C\C(C)=C\CC)C(=O)Nc1ccon1. The van der Waals surface area contributed by atoms with Gasteiger partial charge < -0.3 is 9.84 Å². The molecule has 0 aliphatic rings. The molecule has 5 nitrogen and oxygen atoms in total. The summed E-state index contributed by atoms with van der Waals surface area (Å²) < 4.78 is 4.67. The molecule has 0 aliphatic heterocycles. The monoisotopic (exact) mass is 285 g/mol. The van der Waals surface area contributed by atoms with Crippen LogP contribution in [0, 0.1) is 0 Å². The summed E-state index contributed by atoms with van der Waals surface area (Å²) in [6, 6.07) is 1.57. The predicted molar refractivity (Wildman–Crippen MR) is 85.1 cm³/mol. The topological polar surface area (TPSA) is 67.5 Å². The first kappa shape index (κ1) is 16.4. The van der Waals surface area contributed by atoms with Gasteiger partial charge in [0, 0.05) is 24.1 Å². The van der Waals surface area contributed by atoms with Gasteiger partial charge in [-0.15, -0.1) is 0 Å². The molecule has 0 aliphatic carbocycles. The molecule has 1 rings (SSSR count). The molecule has 21 heavy (non-hydrogen) atoms. The van der Waals surface area contributed by atoms with Crippen molar-refractivity contribution in [1.82, 2.24) is 5.16 Å². The van der Waals surface area contributed by atoms with Crippen molar-refractivity contribution >= 4 is 17.9 Å². The average molecular weight is 285 g/mol. The molecule has 0 bridgehead atoms. The van der Waals surface area contributed by atoms with Crippen LogP contribution < -0.4 is 5.32 Å². The van der Waals surface area contributed by atoms with E-state index in [4.69, 9.17) is 0 Å². The number of allylic oxidation sites excluding steroid dienone is 4. The molecule has 5 heteroatoms. The Balaban J connectivity index is 2.88. The Morgan fingerprint density at radius 3 is 2.95 bits per heavy atom. The highest BCUT2D eigenvalue weighted by Crippen LogP contribution is 2.07. The van der Waals surface area contributed by atoms with Gasteiger partial charge in [0.05, 0.1) is 0 Å². The second-order valence-corrected chi connectivity index (χ2v) is 4.13. The Hall–Kier alpha value is -2.69. The van der Waals surface area contributed by atoms with Crippen LogP contribution in [0.4, 0.5) is 5.82 Å². The summed E-state index contributed by atoms with van der Waals surface area (Å²) in [5.41, 5.74) is 1.53. The summed E-state index contributed by atoms with van der Waals surface area (Å²) in [6.07, 6.45) is 12.5. The molecule has 0 unspecified atom stereocenters. The Bertz CT molecular complexity index is 579. The maximum atomic E-state index is 12.2. The number of hydrogen-bond donors (Lipinski definition) is 1. The van der Waals surface area contributed by atoms with Crippen molar-refractivity contribution in [3.8, 4) is 0 Å². The Morgan fingerprint density at radius 1 is 1.52 bits per heavy atom. The van der Waals surface area contributed by atoms with Crippen LogP contribution in [0.3, 0.4) is 0 Å². The third kappa shape index (κ3) is 6.33.